The van der Waals surface area contributed by atoms with E-state index in [1.165, 1.54) is 6.07 Å². The average molecular weight is 292 g/mol. The molecule has 21 heavy (non-hydrogen) atoms. The van der Waals surface area contributed by atoms with Crippen LogP contribution in [0, 0.1) is 15.5 Å². The molecule has 0 aliphatic heterocycles. The summed E-state index contributed by atoms with van der Waals surface area (Å²) in [6.07, 6.45) is 5.14. The molecule has 1 aromatic carbocycles. The fourth-order valence-electron chi connectivity index (χ4n) is 2.80. The summed E-state index contributed by atoms with van der Waals surface area (Å²) >= 11 is 0. The smallest absolute Gasteiger partial charge is 0.269 e. The molecule has 1 fully saturated rings. The lowest BCUT2D eigenvalue weighted by Crippen LogP contribution is -2.29. The SMILES string of the molecule is CCCC(NCC1(CCO)CC1)c1cccc([N+](=O)[O-])c1. The van der Waals surface area contributed by atoms with Gasteiger partial charge < -0.3 is 10.4 Å². The number of hydrogen-bond donors (Lipinski definition) is 2. The number of nitrogens with zero attached hydrogens (tertiary/aromatic N) is 1. The van der Waals surface area contributed by atoms with Crippen molar-refractivity contribution < 1.29 is 10.0 Å². The van der Waals surface area contributed by atoms with Crippen molar-refractivity contribution in [1.29, 1.82) is 0 Å². The number of rotatable bonds is 9. The van der Waals surface area contributed by atoms with E-state index < -0.39 is 0 Å². The Kier molecular flexibility index (Phi) is 5.31. The van der Waals surface area contributed by atoms with E-state index in [2.05, 4.69) is 12.2 Å². The molecule has 5 heteroatoms. The van der Waals surface area contributed by atoms with Crippen LogP contribution in [0.3, 0.4) is 0 Å². The fourth-order valence-corrected chi connectivity index (χ4v) is 2.80. The Balaban J connectivity index is 2.04. The molecule has 2 N–H and O–H groups in total. The van der Waals surface area contributed by atoms with Crippen molar-refractivity contribution in [3.63, 3.8) is 0 Å². The number of aliphatic hydroxyl groups is 1. The second kappa shape index (κ2) is 7.00. The summed E-state index contributed by atoms with van der Waals surface area (Å²) < 4.78 is 0. The maximum absolute atomic E-state index is 10.9. The highest BCUT2D eigenvalue weighted by molar-refractivity contribution is 5.35. The maximum Gasteiger partial charge on any atom is 0.269 e. The Morgan fingerprint density at radius 3 is 2.81 bits per heavy atom. The second-order valence-electron chi connectivity index (χ2n) is 6.05. The zero-order chi connectivity index (χ0) is 15.3. The van der Waals surface area contributed by atoms with Crippen molar-refractivity contribution in [2.75, 3.05) is 13.2 Å². The monoisotopic (exact) mass is 292 g/mol. The molecular formula is C16H24N2O3. The number of hydrogen-bond acceptors (Lipinski definition) is 4. The summed E-state index contributed by atoms with van der Waals surface area (Å²) in [7, 11) is 0. The molecule has 1 unspecified atom stereocenters. The van der Waals surface area contributed by atoms with Crippen molar-refractivity contribution >= 4 is 5.69 Å². The van der Waals surface area contributed by atoms with E-state index in [9.17, 15) is 10.1 Å². The second-order valence-corrected chi connectivity index (χ2v) is 6.05. The molecule has 116 valence electrons. The van der Waals surface area contributed by atoms with E-state index in [4.69, 9.17) is 5.11 Å². The molecule has 0 aromatic heterocycles. The zero-order valence-corrected chi connectivity index (χ0v) is 12.5. The van der Waals surface area contributed by atoms with Crippen molar-refractivity contribution in [2.45, 2.75) is 45.1 Å². The normalized spacial score (nSPS) is 17.4. The average Bonchev–Trinajstić information content (AvgIpc) is 3.24. The van der Waals surface area contributed by atoms with Crippen LogP contribution in [-0.4, -0.2) is 23.2 Å². The van der Waals surface area contributed by atoms with Crippen LogP contribution in [-0.2, 0) is 0 Å². The zero-order valence-electron chi connectivity index (χ0n) is 12.5. The number of aliphatic hydroxyl groups excluding tert-OH is 1. The lowest BCUT2D eigenvalue weighted by atomic mass is 9.98. The van der Waals surface area contributed by atoms with Crippen molar-refractivity contribution in [3.05, 3.63) is 39.9 Å². The summed E-state index contributed by atoms with van der Waals surface area (Å²) in [6, 6.07) is 7.04. The van der Waals surface area contributed by atoms with Crippen LogP contribution in [0.25, 0.3) is 0 Å². The van der Waals surface area contributed by atoms with Gasteiger partial charge >= 0.3 is 0 Å². The van der Waals surface area contributed by atoms with Gasteiger partial charge in [0.25, 0.3) is 5.69 Å². The minimum Gasteiger partial charge on any atom is -0.396 e. The minimum atomic E-state index is -0.347. The first kappa shape index (κ1) is 15.9. The van der Waals surface area contributed by atoms with Gasteiger partial charge in [-0.05, 0) is 36.7 Å². The predicted molar refractivity (Wildman–Crippen MR) is 82.1 cm³/mol. The lowest BCUT2D eigenvalue weighted by Gasteiger charge is -2.22. The lowest BCUT2D eigenvalue weighted by molar-refractivity contribution is -0.384. The molecule has 0 spiro atoms. The minimum absolute atomic E-state index is 0.145. The van der Waals surface area contributed by atoms with Gasteiger partial charge in [0.15, 0.2) is 0 Å². The number of non-ortho nitro benzene ring substituents is 1. The van der Waals surface area contributed by atoms with E-state index in [0.717, 1.165) is 44.2 Å². The van der Waals surface area contributed by atoms with Crippen LogP contribution in [0.4, 0.5) is 5.69 Å². The molecule has 2 rings (SSSR count). The van der Waals surface area contributed by atoms with E-state index in [1.807, 2.05) is 6.07 Å². The molecule has 1 aliphatic carbocycles. The largest absolute Gasteiger partial charge is 0.396 e. The van der Waals surface area contributed by atoms with Crippen molar-refractivity contribution in [1.82, 2.24) is 5.32 Å². The van der Waals surface area contributed by atoms with Crippen LogP contribution in [0.15, 0.2) is 24.3 Å². The van der Waals surface area contributed by atoms with Gasteiger partial charge in [-0.25, -0.2) is 0 Å². The molecule has 1 aliphatic rings. The number of nitro groups is 1. The fraction of sp³-hybridized carbons (Fsp3) is 0.625. The van der Waals surface area contributed by atoms with Crippen LogP contribution < -0.4 is 5.32 Å². The van der Waals surface area contributed by atoms with Gasteiger partial charge in [-0.2, -0.15) is 0 Å². The summed E-state index contributed by atoms with van der Waals surface area (Å²) in [5, 5.41) is 23.6. The first-order valence-corrected chi connectivity index (χ1v) is 7.69. The number of nitro benzene ring substituents is 1. The van der Waals surface area contributed by atoms with Gasteiger partial charge in [-0.15, -0.1) is 0 Å². The van der Waals surface area contributed by atoms with Crippen LogP contribution in [0.5, 0.6) is 0 Å². The van der Waals surface area contributed by atoms with E-state index in [-0.39, 0.29) is 28.7 Å². The van der Waals surface area contributed by atoms with Gasteiger partial charge in [0, 0.05) is 31.3 Å². The van der Waals surface area contributed by atoms with Gasteiger partial charge in [-0.3, -0.25) is 10.1 Å². The summed E-state index contributed by atoms with van der Waals surface area (Å²) in [4.78, 5) is 10.6. The molecule has 0 heterocycles. The Hall–Kier alpha value is -1.46. The van der Waals surface area contributed by atoms with Gasteiger partial charge in [-0.1, -0.05) is 25.5 Å². The Bertz CT molecular complexity index is 486. The third-order valence-electron chi connectivity index (χ3n) is 4.38. The summed E-state index contributed by atoms with van der Waals surface area (Å²) in [6.45, 7) is 3.23. The van der Waals surface area contributed by atoms with E-state index in [0.29, 0.717) is 0 Å². The summed E-state index contributed by atoms with van der Waals surface area (Å²) in [5.41, 5.74) is 1.37. The molecule has 1 saturated carbocycles. The van der Waals surface area contributed by atoms with E-state index >= 15 is 0 Å². The molecule has 5 nitrogen and oxygen atoms in total. The van der Waals surface area contributed by atoms with Gasteiger partial charge in [0.1, 0.15) is 0 Å². The first-order chi connectivity index (χ1) is 10.1. The molecule has 0 radical (unpaired) electrons. The molecule has 0 amide bonds. The number of nitrogens with one attached hydrogen (secondary N) is 1. The topological polar surface area (TPSA) is 75.4 Å². The highest BCUT2D eigenvalue weighted by Gasteiger charge is 2.41. The Morgan fingerprint density at radius 1 is 1.48 bits per heavy atom. The highest BCUT2D eigenvalue weighted by atomic mass is 16.6. The van der Waals surface area contributed by atoms with Crippen molar-refractivity contribution in [2.24, 2.45) is 5.41 Å². The maximum atomic E-state index is 10.9. The molecule has 1 aromatic rings. The summed E-state index contributed by atoms with van der Waals surface area (Å²) in [5.74, 6) is 0. The van der Waals surface area contributed by atoms with Crippen molar-refractivity contribution in [3.8, 4) is 0 Å². The third-order valence-corrected chi connectivity index (χ3v) is 4.38. The Labute approximate surface area is 125 Å². The Morgan fingerprint density at radius 2 is 2.24 bits per heavy atom. The van der Waals surface area contributed by atoms with E-state index in [1.54, 1.807) is 12.1 Å². The van der Waals surface area contributed by atoms with Gasteiger partial charge in [0.05, 0.1) is 4.92 Å². The highest BCUT2D eigenvalue weighted by Crippen LogP contribution is 2.48. The molecular weight excluding hydrogens is 268 g/mol. The number of benzene rings is 1. The standard InChI is InChI=1S/C16H24N2O3/c1-2-4-15(17-12-16(7-8-16)9-10-19)13-5-3-6-14(11-13)18(20)21/h3,5-6,11,15,17,19H,2,4,7-10,12H2,1H3. The molecule has 0 bridgehead atoms. The van der Waals surface area contributed by atoms with Crippen LogP contribution in [0.1, 0.15) is 50.6 Å². The van der Waals surface area contributed by atoms with Gasteiger partial charge in [0.2, 0.25) is 0 Å². The molecule has 1 atom stereocenters. The first-order valence-electron chi connectivity index (χ1n) is 7.69. The molecule has 0 saturated heterocycles. The predicted octanol–water partition coefficient (Wildman–Crippen LogP) is 3.19. The quantitative estimate of drug-likeness (QED) is 0.541. The van der Waals surface area contributed by atoms with Crippen LogP contribution in [0.2, 0.25) is 0 Å². The van der Waals surface area contributed by atoms with Crippen LogP contribution >= 0.6 is 0 Å². The third kappa shape index (κ3) is 4.25.